The van der Waals surface area contributed by atoms with E-state index in [0.717, 1.165) is 11.1 Å². The minimum absolute atomic E-state index is 0.0256. The molecular formula is C24H24N4O5. The van der Waals surface area contributed by atoms with Crippen molar-refractivity contribution >= 4 is 17.6 Å². The van der Waals surface area contributed by atoms with Gasteiger partial charge in [-0.3, -0.25) is 24.8 Å². The Kier molecular flexibility index (Phi) is 4.46. The number of nitrogen functional groups attached to an aromatic ring is 1. The Morgan fingerprint density at radius 2 is 1.79 bits per heavy atom. The molecule has 9 heteroatoms. The number of nitrogens with one attached hydrogen (secondary N) is 1. The molecule has 3 saturated heterocycles. The molecule has 0 aromatic heterocycles. The topological polar surface area (TPSA) is 129 Å². The number of hydrogen-bond donors (Lipinski definition) is 3. The maximum absolute atomic E-state index is 13.6. The number of carbonyl (C=O) groups excluding carboxylic acids is 2. The fourth-order valence-electron chi connectivity index (χ4n) is 5.89. The molecule has 4 N–H and O–H groups in total. The summed E-state index contributed by atoms with van der Waals surface area (Å²) in [5.74, 6) is -0.128. The molecule has 0 radical (unpaired) electrons. The van der Waals surface area contributed by atoms with E-state index in [1.165, 1.54) is 4.90 Å². The van der Waals surface area contributed by atoms with Gasteiger partial charge in [0, 0.05) is 24.2 Å². The lowest BCUT2D eigenvalue weighted by molar-refractivity contribution is -0.142. The van der Waals surface area contributed by atoms with Crippen molar-refractivity contribution in [1.82, 2.24) is 9.80 Å². The number of likely N-dealkylation sites (tertiary alicyclic amines) is 1. The molecule has 2 aromatic carbocycles. The highest BCUT2D eigenvalue weighted by atomic mass is 16.7. The third kappa shape index (κ3) is 3.03. The van der Waals surface area contributed by atoms with Crippen molar-refractivity contribution in [3.8, 4) is 11.5 Å². The van der Waals surface area contributed by atoms with Gasteiger partial charge in [0.1, 0.15) is 5.84 Å². The largest absolute Gasteiger partial charge is 0.454 e. The molecule has 0 aliphatic carbocycles. The van der Waals surface area contributed by atoms with Gasteiger partial charge in [0.05, 0.1) is 24.5 Å². The summed E-state index contributed by atoms with van der Waals surface area (Å²) >= 11 is 0. The number of rotatable bonds is 4. The average molecular weight is 448 g/mol. The maximum atomic E-state index is 13.6. The first-order chi connectivity index (χ1) is 15.9. The van der Waals surface area contributed by atoms with Crippen LogP contribution in [-0.4, -0.2) is 58.0 Å². The summed E-state index contributed by atoms with van der Waals surface area (Å²) in [6.07, 6.45) is -0.0548. The van der Waals surface area contributed by atoms with Gasteiger partial charge in [-0.25, -0.2) is 0 Å². The van der Waals surface area contributed by atoms with E-state index in [-0.39, 0.29) is 43.1 Å². The Balaban J connectivity index is 1.33. The molecule has 170 valence electrons. The number of nitrogens with zero attached hydrogens (tertiary/aromatic N) is 2. The maximum Gasteiger partial charge on any atom is 0.235 e. The van der Waals surface area contributed by atoms with E-state index in [1.54, 1.807) is 24.3 Å². The second-order valence-corrected chi connectivity index (χ2v) is 9.14. The van der Waals surface area contributed by atoms with Crippen LogP contribution in [0.2, 0.25) is 0 Å². The molecular weight excluding hydrogens is 424 g/mol. The number of nitrogens with two attached hydrogens (primary N) is 1. The first-order valence-corrected chi connectivity index (χ1v) is 11.0. The molecule has 3 fully saturated rings. The highest BCUT2D eigenvalue weighted by Crippen LogP contribution is 2.53. The first-order valence-electron chi connectivity index (χ1n) is 11.0. The average Bonchev–Trinajstić information content (AvgIpc) is 3.53. The number of amides is 2. The number of carbonyl (C=O) groups is 2. The third-order valence-electron chi connectivity index (χ3n) is 7.30. The van der Waals surface area contributed by atoms with Gasteiger partial charge < -0.3 is 20.3 Å². The second kappa shape index (κ2) is 7.29. The monoisotopic (exact) mass is 448 g/mol. The lowest BCUT2D eigenvalue weighted by Gasteiger charge is -2.29. The van der Waals surface area contributed by atoms with Crippen molar-refractivity contribution in [2.75, 3.05) is 13.3 Å². The van der Waals surface area contributed by atoms with Crippen LogP contribution in [0, 0.1) is 17.2 Å². The van der Waals surface area contributed by atoms with Crippen LogP contribution in [0.15, 0.2) is 42.5 Å². The van der Waals surface area contributed by atoms with Crippen LogP contribution in [-0.2, 0) is 16.1 Å². The van der Waals surface area contributed by atoms with E-state index >= 15 is 0 Å². The van der Waals surface area contributed by atoms with Crippen LogP contribution in [0.3, 0.4) is 0 Å². The Bertz CT molecular complexity index is 1170. The van der Waals surface area contributed by atoms with Gasteiger partial charge in [0.2, 0.25) is 18.6 Å². The van der Waals surface area contributed by atoms with E-state index in [2.05, 4.69) is 4.90 Å². The van der Waals surface area contributed by atoms with Gasteiger partial charge in [-0.2, -0.15) is 0 Å². The molecule has 33 heavy (non-hydrogen) atoms. The van der Waals surface area contributed by atoms with E-state index < -0.39 is 17.9 Å². The zero-order chi connectivity index (χ0) is 22.9. The quantitative estimate of drug-likeness (QED) is 0.361. The predicted octanol–water partition coefficient (Wildman–Crippen LogP) is 0.991. The van der Waals surface area contributed by atoms with Crippen LogP contribution in [0.4, 0.5) is 0 Å². The number of aliphatic hydroxyl groups is 1. The van der Waals surface area contributed by atoms with Gasteiger partial charge in [0.15, 0.2) is 11.5 Å². The normalized spacial score (nSPS) is 30.1. The molecule has 4 aliphatic heterocycles. The van der Waals surface area contributed by atoms with Gasteiger partial charge in [0.25, 0.3) is 0 Å². The van der Waals surface area contributed by atoms with Crippen molar-refractivity contribution in [3.05, 3.63) is 59.2 Å². The molecule has 6 rings (SSSR count). The SMILES string of the molecule is N=C(N)c1ccc(C2C3C(=O)N(Cc4ccc5c(c4)OCO5)C(=O)C3C3CC(O)CN32)cc1. The highest BCUT2D eigenvalue weighted by Gasteiger charge is 2.64. The minimum atomic E-state index is -0.527. The fourth-order valence-corrected chi connectivity index (χ4v) is 5.89. The molecule has 9 nitrogen and oxygen atoms in total. The standard InChI is InChI=1S/C24H24N4O5/c25-22(26)14-4-2-13(3-5-14)21-20-19(16-8-15(29)10-27(16)21)23(30)28(24(20)31)9-12-1-6-17-18(7-12)33-11-32-17/h1-7,15-16,19-21,29H,8-11H2,(H3,25,26). The lowest BCUT2D eigenvalue weighted by atomic mass is 9.85. The summed E-state index contributed by atoms with van der Waals surface area (Å²) in [5.41, 5.74) is 7.88. The van der Waals surface area contributed by atoms with Gasteiger partial charge >= 0.3 is 0 Å². The number of hydrogen-bond acceptors (Lipinski definition) is 7. The molecule has 0 saturated carbocycles. The lowest BCUT2D eigenvalue weighted by Crippen LogP contribution is -2.39. The number of aliphatic hydroxyl groups excluding tert-OH is 1. The molecule has 5 unspecified atom stereocenters. The van der Waals surface area contributed by atoms with Gasteiger partial charge in [-0.15, -0.1) is 0 Å². The van der Waals surface area contributed by atoms with Crippen LogP contribution in [0.25, 0.3) is 0 Å². The van der Waals surface area contributed by atoms with E-state index in [1.807, 2.05) is 18.2 Å². The summed E-state index contributed by atoms with van der Waals surface area (Å²) in [7, 11) is 0. The molecule has 4 aliphatic rings. The molecule has 5 atom stereocenters. The zero-order valence-electron chi connectivity index (χ0n) is 17.8. The zero-order valence-corrected chi connectivity index (χ0v) is 17.8. The van der Waals surface area contributed by atoms with Gasteiger partial charge in [-0.1, -0.05) is 30.3 Å². The third-order valence-corrected chi connectivity index (χ3v) is 7.30. The van der Waals surface area contributed by atoms with Crippen molar-refractivity contribution in [2.24, 2.45) is 17.6 Å². The summed E-state index contributed by atoms with van der Waals surface area (Å²) in [5, 5.41) is 18.0. The summed E-state index contributed by atoms with van der Waals surface area (Å²) in [6, 6.07) is 12.2. The van der Waals surface area contributed by atoms with Crippen molar-refractivity contribution in [1.29, 1.82) is 5.41 Å². The number of benzene rings is 2. The Hall–Kier alpha value is -3.43. The molecule has 0 bridgehead atoms. The number of fused-ring (bicyclic) bond motifs is 4. The number of imide groups is 1. The summed E-state index contributed by atoms with van der Waals surface area (Å²) < 4.78 is 10.8. The number of amidine groups is 1. The second-order valence-electron chi connectivity index (χ2n) is 9.14. The van der Waals surface area contributed by atoms with Gasteiger partial charge in [-0.05, 0) is 29.7 Å². The summed E-state index contributed by atoms with van der Waals surface area (Å²) in [4.78, 5) is 30.6. The van der Waals surface area contributed by atoms with E-state index in [4.69, 9.17) is 20.6 Å². The van der Waals surface area contributed by atoms with Crippen molar-refractivity contribution < 1.29 is 24.2 Å². The van der Waals surface area contributed by atoms with E-state index in [9.17, 15) is 14.7 Å². The Morgan fingerprint density at radius 3 is 2.55 bits per heavy atom. The van der Waals surface area contributed by atoms with E-state index in [0.29, 0.717) is 30.0 Å². The Morgan fingerprint density at radius 1 is 1.06 bits per heavy atom. The smallest absolute Gasteiger partial charge is 0.235 e. The molecule has 4 heterocycles. The summed E-state index contributed by atoms with van der Waals surface area (Å²) in [6.45, 7) is 0.764. The van der Waals surface area contributed by atoms with Crippen molar-refractivity contribution in [2.45, 2.75) is 31.2 Å². The van der Waals surface area contributed by atoms with Crippen LogP contribution in [0.5, 0.6) is 11.5 Å². The van der Waals surface area contributed by atoms with Crippen LogP contribution in [0.1, 0.15) is 29.2 Å². The highest BCUT2D eigenvalue weighted by molar-refractivity contribution is 6.06. The molecule has 2 aromatic rings. The molecule has 2 amide bonds. The van der Waals surface area contributed by atoms with Crippen LogP contribution >= 0.6 is 0 Å². The fraction of sp³-hybridized carbons (Fsp3) is 0.375. The first kappa shape index (κ1) is 20.2. The number of ether oxygens (including phenoxy) is 2. The van der Waals surface area contributed by atoms with Crippen LogP contribution < -0.4 is 15.2 Å². The Labute approximate surface area is 190 Å². The minimum Gasteiger partial charge on any atom is -0.454 e. The predicted molar refractivity (Wildman–Crippen MR) is 116 cm³/mol. The molecule has 0 spiro atoms. The van der Waals surface area contributed by atoms with Crippen molar-refractivity contribution in [3.63, 3.8) is 0 Å².